The summed E-state index contributed by atoms with van der Waals surface area (Å²) in [4.78, 5) is 11.9. The van der Waals surface area contributed by atoms with Crippen LogP contribution in [0.1, 0.15) is 16.1 Å². The zero-order valence-electron chi connectivity index (χ0n) is 10.7. The van der Waals surface area contributed by atoms with Crippen LogP contribution < -0.4 is 4.72 Å². The Hall–Kier alpha value is -2.34. The van der Waals surface area contributed by atoms with Crippen molar-refractivity contribution in [2.45, 2.75) is 0 Å². The fourth-order valence-electron chi connectivity index (χ4n) is 1.56. The van der Waals surface area contributed by atoms with Gasteiger partial charge in [-0.2, -0.15) is 0 Å². The van der Waals surface area contributed by atoms with E-state index in [-0.39, 0.29) is 5.78 Å². The van der Waals surface area contributed by atoms with Crippen molar-refractivity contribution in [3.8, 4) is 0 Å². The van der Waals surface area contributed by atoms with Gasteiger partial charge in [0, 0.05) is 11.3 Å². The summed E-state index contributed by atoms with van der Waals surface area (Å²) in [6.07, 6.45) is 5.57. The maximum Gasteiger partial charge on any atom is 0.229 e. The number of rotatable bonds is 5. The molecule has 0 saturated carbocycles. The second kappa shape index (κ2) is 5.75. The first kappa shape index (κ1) is 14.1. The summed E-state index contributed by atoms with van der Waals surface area (Å²) in [5.74, 6) is 0.404. The summed E-state index contributed by atoms with van der Waals surface area (Å²) in [5, 5.41) is 0. The van der Waals surface area contributed by atoms with E-state index in [0.29, 0.717) is 17.0 Å². The average molecular weight is 291 g/mol. The molecule has 0 unspecified atom stereocenters. The Morgan fingerprint density at radius 2 is 1.90 bits per heavy atom. The van der Waals surface area contributed by atoms with Crippen LogP contribution in [0, 0.1) is 0 Å². The highest BCUT2D eigenvalue weighted by Gasteiger charge is 2.04. The molecule has 0 spiro atoms. The predicted octanol–water partition coefficient (Wildman–Crippen LogP) is 2.55. The molecule has 0 saturated heterocycles. The lowest BCUT2D eigenvalue weighted by Gasteiger charge is -2.03. The second-order valence-corrected chi connectivity index (χ2v) is 5.91. The molecule has 0 aliphatic rings. The molecule has 2 aromatic rings. The lowest BCUT2D eigenvalue weighted by atomic mass is 10.1. The van der Waals surface area contributed by atoms with Crippen molar-refractivity contribution >= 4 is 27.6 Å². The standard InChI is InChI=1S/C14H13NO4S/c1-20(17,18)15-12-6-4-11(5-7-12)14(16)9-8-13-3-2-10-19-13/h2-10,15H,1H3/b9-8+. The lowest BCUT2D eigenvalue weighted by Crippen LogP contribution is -2.09. The van der Waals surface area contributed by atoms with Gasteiger partial charge >= 0.3 is 0 Å². The SMILES string of the molecule is CS(=O)(=O)Nc1ccc(C(=O)/C=C/c2ccco2)cc1. The quantitative estimate of drug-likeness (QED) is 0.678. The van der Waals surface area contributed by atoms with Gasteiger partial charge < -0.3 is 4.42 Å². The first-order valence-electron chi connectivity index (χ1n) is 5.78. The summed E-state index contributed by atoms with van der Waals surface area (Å²) in [6, 6.07) is 9.66. The molecule has 0 bridgehead atoms. The highest BCUT2D eigenvalue weighted by Crippen LogP contribution is 2.12. The van der Waals surface area contributed by atoms with Gasteiger partial charge in [-0.3, -0.25) is 9.52 Å². The van der Waals surface area contributed by atoms with Crippen molar-refractivity contribution in [1.29, 1.82) is 0 Å². The van der Waals surface area contributed by atoms with Gasteiger partial charge in [0.25, 0.3) is 0 Å². The van der Waals surface area contributed by atoms with E-state index < -0.39 is 10.0 Å². The topological polar surface area (TPSA) is 76.4 Å². The first-order chi connectivity index (χ1) is 9.44. The fourth-order valence-corrected chi connectivity index (χ4v) is 2.12. The van der Waals surface area contributed by atoms with E-state index in [2.05, 4.69) is 4.72 Å². The summed E-state index contributed by atoms with van der Waals surface area (Å²) >= 11 is 0. The third kappa shape index (κ3) is 4.10. The number of carbonyl (C=O) groups excluding carboxylic acids is 1. The van der Waals surface area contributed by atoms with E-state index in [1.807, 2.05) is 0 Å². The van der Waals surface area contributed by atoms with Crippen molar-refractivity contribution in [2.24, 2.45) is 0 Å². The van der Waals surface area contributed by atoms with Crippen LogP contribution in [0.2, 0.25) is 0 Å². The molecule has 20 heavy (non-hydrogen) atoms. The van der Waals surface area contributed by atoms with E-state index in [0.717, 1.165) is 6.26 Å². The highest BCUT2D eigenvalue weighted by molar-refractivity contribution is 7.92. The van der Waals surface area contributed by atoms with Gasteiger partial charge in [0.05, 0.1) is 12.5 Å². The molecule has 5 nitrogen and oxygen atoms in total. The summed E-state index contributed by atoms with van der Waals surface area (Å²) in [7, 11) is -3.31. The Balaban J connectivity index is 2.08. The molecular weight excluding hydrogens is 278 g/mol. The molecule has 0 aliphatic heterocycles. The smallest absolute Gasteiger partial charge is 0.229 e. The molecule has 1 aromatic heterocycles. The van der Waals surface area contributed by atoms with Gasteiger partial charge in [0.15, 0.2) is 5.78 Å². The number of ketones is 1. The molecular formula is C14H13NO4S. The van der Waals surface area contributed by atoms with Crippen molar-refractivity contribution in [1.82, 2.24) is 0 Å². The number of allylic oxidation sites excluding steroid dienone is 1. The normalized spacial score (nSPS) is 11.7. The minimum atomic E-state index is -3.31. The number of hydrogen-bond acceptors (Lipinski definition) is 4. The maximum absolute atomic E-state index is 11.9. The van der Waals surface area contributed by atoms with Gasteiger partial charge in [0.1, 0.15) is 5.76 Å². The van der Waals surface area contributed by atoms with Gasteiger partial charge in [-0.15, -0.1) is 0 Å². The number of anilines is 1. The molecule has 0 fully saturated rings. The molecule has 104 valence electrons. The Bertz CT molecular complexity index is 713. The maximum atomic E-state index is 11.9. The first-order valence-corrected chi connectivity index (χ1v) is 7.67. The van der Waals surface area contributed by atoms with Gasteiger partial charge in [-0.05, 0) is 48.6 Å². The van der Waals surface area contributed by atoms with Crippen LogP contribution >= 0.6 is 0 Å². The van der Waals surface area contributed by atoms with E-state index >= 15 is 0 Å². The molecule has 6 heteroatoms. The number of furan rings is 1. The zero-order chi connectivity index (χ0) is 14.6. The number of sulfonamides is 1. The zero-order valence-corrected chi connectivity index (χ0v) is 11.6. The monoisotopic (exact) mass is 291 g/mol. The predicted molar refractivity (Wildman–Crippen MR) is 77.0 cm³/mol. The molecule has 0 aliphatic carbocycles. The molecule has 0 radical (unpaired) electrons. The summed E-state index contributed by atoms with van der Waals surface area (Å²) in [5.41, 5.74) is 0.880. The van der Waals surface area contributed by atoms with Crippen LogP contribution in [0.5, 0.6) is 0 Å². The molecule has 0 atom stereocenters. The van der Waals surface area contributed by atoms with E-state index in [4.69, 9.17) is 4.42 Å². The number of benzene rings is 1. The van der Waals surface area contributed by atoms with E-state index in [1.165, 1.54) is 24.5 Å². The van der Waals surface area contributed by atoms with Crippen molar-refractivity contribution in [3.63, 3.8) is 0 Å². The Kier molecular flexibility index (Phi) is 4.05. The minimum Gasteiger partial charge on any atom is -0.465 e. The van der Waals surface area contributed by atoms with Crippen molar-refractivity contribution < 1.29 is 17.6 Å². The molecule has 0 amide bonds. The van der Waals surface area contributed by atoms with Crippen LogP contribution in [0.25, 0.3) is 6.08 Å². The number of nitrogens with one attached hydrogen (secondary N) is 1. The van der Waals surface area contributed by atoms with Crippen LogP contribution in [-0.2, 0) is 10.0 Å². The molecule has 1 aromatic carbocycles. The molecule has 1 N–H and O–H groups in total. The largest absolute Gasteiger partial charge is 0.465 e. The number of carbonyl (C=O) groups is 1. The minimum absolute atomic E-state index is 0.188. The van der Waals surface area contributed by atoms with Crippen LogP contribution in [-0.4, -0.2) is 20.5 Å². The summed E-state index contributed by atoms with van der Waals surface area (Å²) in [6.45, 7) is 0. The van der Waals surface area contributed by atoms with Gasteiger partial charge in [0.2, 0.25) is 10.0 Å². The van der Waals surface area contributed by atoms with Crippen molar-refractivity contribution in [3.05, 3.63) is 60.1 Å². The van der Waals surface area contributed by atoms with Crippen molar-refractivity contribution in [2.75, 3.05) is 11.0 Å². The average Bonchev–Trinajstić information content (AvgIpc) is 2.88. The molecule has 2 rings (SSSR count). The van der Waals surface area contributed by atoms with Crippen LogP contribution in [0.4, 0.5) is 5.69 Å². The van der Waals surface area contributed by atoms with Gasteiger partial charge in [-0.1, -0.05) is 0 Å². The Morgan fingerprint density at radius 1 is 1.20 bits per heavy atom. The fraction of sp³-hybridized carbons (Fsp3) is 0.0714. The number of hydrogen-bond donors (Lipinski definition) is 1. The Morgan fingerprint density at radius 3 is 2.45 bits per heavy atom. The highest BCUT2D eigenvalue weighted by atomic mass is 32.2. The lowest BCUT2D eigenvalue weighted by molar-refractivity contribution is 0.104. The third-order valence-corrected chi connectivity index (χ3v) is 3.02. The third-order valence-electron chi connectivity index (χ3n) is 2.41. The van der Waals surface area contributed by atoms with Gasteiger partial charge in [-0.25, -0.2) is 8.42 Å². The van der Waals surface area contributed by atoms with E-state index in [1.54, 1.807) is 30.3 Å². The van der Waals surface area contributed by atoms with Crippen LogP contribution in [0.3, 0.4) is 0 Å². The summed E-state index contributed by atoms with van der Waals surface area (Å²) < 4.78 is 29.5. The molecule has 1 heterocycles. The van der Waals surface area contributed by atoms with Crippen LogP contribution in [0.15, 0.2) is 53.2 Å². The second-order valence-electron chi connectivity index (χ2n) is 4.16. The Labute approximate surface area is 117 Å². The van der Waals surface area contributed by atoms with E-state index in [9.17, 15) is 13.2 Å².